The van der Waals surface area contributed by atoms with Crippen molar-refractivity contribution in [2.45, 2.75) is 159 Å². The number of ether oxygens (including phenoxy) is 2. The molecule has 20 nitrogen and oxygen atoms in total. The summed E-state index contributed by atoms with van der Waals surface area (Å²) in [6.45, 7) is 16.4. The van der Waals surface area contributed by atoms with Gasteiger partial charge in [-0.15, -0.1) is 0 Å². The molecule has 0 radical (unpaired) electrons. The van der Waals surface area contributed by atoms with E-state index in [4.69, 9.17) is 25.5 Å². The average molecular weight is 1150 g/mol. The SMILES string of the molecule is C=CCOC(=O)[C@@H]1C[C@@]2(O[Si](CC)(CC)CC)c3ccc(Cl)cc3N[C@H]2N1C(=O)[C@H]1CCCNN1C(=O)[C@H](C)N(C)C(=O)[C@H]1CCCNN1C(=O)[C@@H]1CCCNN1C(=O)[C@H](NC(=O)OCC1c2ccccc2-c2ccccc21)C(C)C. The van der Waals surface area contributed by atoms with Crippen molar-refractivity contribution in [1.29, 1.82) is 0 Å². The number of alkyl carbamates (subject to hydrolysis) is 1. The largest absolute Gasteiger partial charge is 0.460 e. The summed E-state index contributed by atoms with van der Waals surface area (Å²) in [7, 11) is -0.968. The van der Waals surface area contributed by atoms with Crippen LogP contribution in [-0.4, -0.2) is 157 Å². The predicted molar refractivity (Wildman–Crippen MR) is 308 cm³/mol. The van der Waals surface area contributed by atoms with Gasteiger partial charge < -0.3 is 34.3 Å². The normalized spacial score (nSPS) is 24.0. The van der Waals surface area contributed by atoms with E-state index in [1.54, 1.807) is 32.9 Å². The van der Waals surface area contributed by atoms with Gasteiger partial charge in [-0.2, -0.15) is 0 Å². The maximum absolute atomic E-state index is 15.5. The minimum absolute atomic E-state index is 0.0529. The van der Waals surface area contributed by atoms with E-state index in [0.29, 0.717) is 49.6 Å². The molecule has 0 bridgehead atoms. The Kier molecular flexibility index (Phi) is 18.3. The third-order valence-corrected chi connectivity index (χ3v) is 22.5. The van der Waals surface area contributed by atoms with Crippen molar-refractivity contribution in [3.8, 4) is 11.1 Å². The predicted octanol–water partition coefficient (Wildman–Crippen LogP) is 6.54. The van der Waals surface area contributed by atoms with Gasteiger partial charge in [-0.1, -0.05) is 113 Å². The number of hydrogen-bond donors (Lipinski definition) is 5. The monoisotopic (exact) mass is 1150 g/mol. The Morgan fingerprint density at radius 2 is 1.33 bits per heavy atom. The van der Waals surface area contributed by atoms with Gasteiger partial charge >= 0.3 is 12.1 Å². The van der Waals surface area contributed by atoms with Crippen LogP contribution >= 0.6 is 11.6 Å². The first-order chi connectivity index (χ1) is 38.9. The Bertz CT molecular complexity index is 2840. The van der Waals surface area contributed by atoms with Crippen LogP contribution in [0, 0.1) is 5.92 Å². The van der Waals surface area contributed by atoms with Crippen molar-refractivity contribution in [2.75, 3.05) is 45.2 Å². The summed E-state index contributed by atoms with van der Waals surface area (Å²) in [4.78, 5) is 105. The second-order valence-electron chi connectivity index (χ2n) is 22.5. The molecular weight excluding hydrogens is 1070 g/mol. The molecule has 0 unspecified atom stereocenters. The van der Waals surface area contributed by atoms with E-state index in [9.17, 15) is 28.8 Å². The molecule has 4 fully saturated rings. The smallest absolute Gasteiger partial charge is 0.407 e. The third kappa shape index (κ3) is 11.3. The average Bonchev–Trinajstić information content (AvgIpc) is 4.21. The molecule has 5 aliphatic heterocycles. The number of carbonyl (C=O) groups is 7. The molecule has 81 heavy (non-hydrogen) atoms. The van der Waals surface area contributed by atoms with Gasteiger partial charge in [0.2, 0.25) is 11.8 Å². The Hall–Kier alpha value is -6.36. The Morgan fingerprint density at radius 3 is 1.93 bits per heavy atom. The van der Waals surface area contributed by atoms with Crippen molar-refractivity contribution in [2.24, 2.45) is 5.92 Å². The molecular formula is C59H79ClN10O10Si. The minimum atomic E-state index is -2.47. The summed E-state index contributed by atoms with van der Waals surface area (Å²) in [5, 5.41) is 10.7. The maximum Gasteiger partial charge on any atom is 0.407 e. The van der Waals surface area contributed by atoms with E-state index < -0.39 is 104 Å². The molecule has 6 aliphatic rings. The first-order valence-corrected chi connectivity index (χ1v) is 31.8. The van der Waals surface area contributed by atoms with Gasteiger partial charge in [0.05, 0.1) is 0 Å². The number of amides is 6. The van der Waals surface area contributed by atoms with Crippen LogP contribution in [0.3, 0.4) is 0 Å². The first kappa shape index (κ1) is 59.3. The number of rotatable bonds is 18. The Labute approximate surface area is 481 Å². The van der Waals surface area contributed by atoms with Gasteiger partial charge in [0.1, 0.15) is 61.2 Å². The zero-order chi connectivity index (χ0) is 57.9. The number of esters is 1. The zero-order valence-corrected chi connectivity index (χ0v) is 49.4. The summed E-state index contributed by atoms with van der Waals surface area (Å²) in [6.07, 6.45) is 2.34. The fourth-order valence-corrected chi connectivity index (χ4v) is 16.1. The number of benzene rings is 3. The summed E-state index contributed by atoms with van der Waals surface area (Å²) in [6, 6.07) is 17.4. The highest BCUT2D eigenvalue weighted by Gasteiger charge is 2.65. The topological polar surface area (TPSA) is 224 Å². The fourth-order valence-electron chi connectivity index (χ4n) is 12.9. The van der Waals surface area contributed by atoms with Gasteiger partial charge in [0, 0.05) is 55.3 Å². The number of halogens is 1. The number of hydrazine groups is 3. The minimum Gasteiger partial charge on any atom is -0.460 e. The molecule has 22 heteroatoms. The molecule has 0 spiro atoms. The highest BCUT2D eigenvalue weighted by molar-refractivity contribution is 6.73. The van der Waals surface area contributed by atoms with Crippen LogP contribution in [0.5, 0.6) is 0 Å². The van der Waals surface area contributed by atoms with Crippen LogP contribution in [0.25, 0.3) is 11.1 Å². The number of nitrogens with zero attached hydrogens (tertiary/aromatic N) is 5. The molecule has 3 aromatic carbocycles. The number of likely N-dealkylation sites (tertiary alicyclic amines) is 1. The number of hydrogen-bond acceptors (Lipinski definition) is 14. The maximum atomic E-state index is 15.5. The molecule has 5 heterocycles. The quantitative estimate of drug-likeness (QED) is 0.0519. The molecule has 0 aromatic heterocycles. The van der Waals surface area contributed by atoms with Crippen molar-refractivity contribution in [3.05, 3.63) is 101 Å². The second kappa shape index (κ2) is 25.0. The summed E-state index contributed by atoms with van der Waals surface area (Å²) < 4.78 is 19.0. The Morgan fingerprint density at radius 1 is 0.765 bits per heavy atom. The molecule has 8 atom stereocenters. The highest BCUT2D eigenvalue weighted by Crippen LogP contribution is 2.55. The van der Waals surface area contributed by atoms with Crippen molar-refractivity contribution < 1.29 is 47.5 Å². The van der Waals surface area contributed by atoms with E-state index >= 15 is 4.79 Å². The standard InChI is InChI=1S/C59H79ClN10O10Si/c1-9-32-78-56(76)49-34-59(80-81(10-2,11-3)12-4)44-28-27-38(60)33-45(44)64-57(59)67(49)53(73)47-25-18-29-61-68(47)51(71)37(7)66(8)52(72)46-24-17-30-62-69(46)54(74)48-26-19-31-63-70(48)55(75)50(36(5)6)65-58(77)79-35-43-41-22-15-13-20-39(41)40-21-14-16-23-42(40)43/h9,13-16,20-23,27-28,33,36-37,43,46-50,57,61-64H,1,10-12,17-19,24-26,29-32,34-35H2,2-8H3,(H,65,77)/t37-,46+,47+,48-,49-,50+,57-,59+/m0/s1. The van der Waals surface area contributed by atoms with Crippen LogP contribution in [0.4, 0.5) is 10.5 Å². The summed E-state index contributed by atoms with van der Waals surface area (Å²) in [5.74, 6) is -3.88. The van der Waals surface area contributed by atoms with E-state index in [1.807, 2.05) is 42.5 Å². The first-order valence-electron chi connectivity index (χ1n) is 28.9. The van der Waals surface area contributed by atoms with E-state index in [1.165, 1.54) is 38.0 Å². The third-order valence-electron chi connectivity index (χ3n) is 17.6. The molecule has 4 saturated heterocycles. The number of nitrogens with one attached hydrogen (secondary N) is 5. The van der Waals surface area contributed by atoms with Gasteiger partial charge in [0.25, 0.3) is 17.7 Å². The van der Waals surface area contributed by atoms with E-state index in [0.717, 1.165) is 45.9 Å². The fraction of sp³-hybridized carbons (Fsp3) is 0.542. The number of anilines is 1. The van der Waals surface area contributed by atoms with E-state index in [-0.39, 0.29) is 44.8 Å². The van der Waals surface area contributed by atoms with Crippen LogP contribution in [0.1, 0.15) is 109 Å². The van der Waals surface area contributed by atoms with Crippen LogP contribution in [0.2, 0.25) is 23.2 Å². The zero-order valence-electron chi connectivity index (χ0n) is 47.6. The van der Waals surface area contributed by atoms with Crippen LogP contribution in [-0.2, 0) is 48.3 Å². The van der Waals surface area contributed by atoms with Crippen LogP contribution < -0.4 is 26.9 Å². The molecule has 5 N–H and O–H groups in total. The summed E-state index contributed by atoms with van der Waals surface area (Å²) in [5.41, 5.74) is 14.0. The Balaban J connectivity index is 0.900. The second-order valence-corrected chi connectivity index (χ2v) is 27.6. The van der Waals surface area contributed by atoms with Gasteiger partial charge in [-0.3, -0.25) is 39.0 Å². The van der Waals surface area contributed by atoms with Crippen molar-refractivity contribution in [1.82, 2.24) is 46.4 Å². The molecule has 1 aliphatic carbocycles. The van der Waals surface area contributed by atoms with Crippen molar-refractivity contribution >= 4 is 67.2 Å². The van der Waals surface area contributed by atoms with Gasteiger partial charge in [0.15, 0.2) is 8.32 Å². The molecule has 3 aromatic rings. The highest BCUT2D eigenvalue weighted by atomic mass is 35.5. The molecule has 9 rings (SSSR count). The number of fused-ring (bicyclic) bond motifs is 6. The summed E-state index contributed by atoms with van der Waals surface area (Å²) >= 11 is 6.56. The van der Waals surface area contributed by atoms with Crippen LogP contribution in [0.15, 0.2) is 79.4 Å². The van der Waals surface area contributed by atoms with Gasteiger partial charge in [-0.05, 0) is 104 Å². The van der Waals surface area contributed by atoms with E-state index in [2.05, 4.69) is 66.4 Å². The molecule has 0 saturated carbocycles. The molecule has 436 valence electrons. The number of carbonyl (C=O) groups excluding carboxylic acids is 7. The lowest BCUT2D eigenvalue weighted by molar-refractivity contribution is -0.165. The number of likely N-dealkylation sites (N-methyl/N-ethyl adjacent to an activating group) is 1. The lowest BCUT2D eigenvalue weighted by Gasteiger charge is -2.44. The van der Waals surface area contributed by atoms with Crippen molar-refractivity contribution in [3.63, 3.8) is 0 Å². The molecule has 6 amide bonds. The lowest BCUT2D eigenvalue weighted by Crippen LogP contribution is -2.68. The lowest BCUT2D eigenvalue weighted by atomic mass is 9.91. The van der Waals surface area contributed by atoms with Gasteiger partial charge in [-0.25, -0.2) is 25.9 Å².